The average molecular weight is 612 g/mol. The predicted octanol–water partition coefficient (Wildman–Crippen LogP) is 6.50. The van der Waals surface area contributed by atoms with E-state index in [9.17, 15) is 4.79 Å². The van der Waals surface area contributed by atoms with Gasteiger partial charge in [-0.25, -0.2) is 19.2 Å². The largest absolute Gasteiger partial charge is 0.383 e. The van der Waals surface area contributed by atoms with Crippen LogP contribution in [0.4, 0.5) is 26.4 Å². The van der Waals surface area contributed by atoms with Crippen LogP contribution in [-0.2, 0) is 0 Å². The highest BCUT2D eigenvalue weighted by Crippen LogP contribution is 2.39. The quantitative estimate of drug-likeness (QED) is 0.238. The Morgan fingerprint density at radius 2 is 1.67 bits per heavy atom. The zero-order chi connectivity index (χ0) is 29.4. The van der Waals surface area contributed by atoms with Crippen LogP contribution in [0.5, 0.6) is 0 Å². The van der Waals surface area contributed by atoms with Gasteiger partial charge in [0.1, 0.15) is 23.6 Å². The van der Waals surface area contributed by atoms with Gasteiger partial charge in [-0.3, -0.25) is 4.90 Å². The molecule has 0 radical (unpaired) electrons. The molecule has 1 saturated carbocycles. The molecule has 12 heteroatoms. The Morgan fingerprint density at radius 3 is 2.36 bits per heavy atom. The maximum atomic E-state index is 15.3. The van der Waals surface area contributed by atoms with Gasteiger partial charge in [0.05, 0.1) is 26.8 Å². The molecule has 2 amide bonds. The summed E-state index contributed by atoms with van der Waals surface area (Å²) >= 11 is 12.3. The zero-order valence-corrected chi connectivity index (χ0v) is 24.8. The van der Waals surface area contributed by atoms with E-state index in [1.165, 1.54) is 18.5 Å². The molecule has 2 aliphatic rings. The van der Waals surface area contributed by atoms with Gasteiger partial charge in [-0.05, 0) is 62.6 Å². The molecule has 0 spiro atoms. The highest BCUT2D eigenvalue weighted by atomic mass is 35.5. The molecule has 1 aliphatic carbocycles. The van der Waals surface area contributed by atoms with Crippen LogP contribution in [0.25, 0.3) is 22.2 Å². The maximum absolute atomic E-state index is 15.3. The van der Waals surface area contributed by atoms with E-state index in [0.717, 1.165) is 63.1 Å². The fourth-order valence-electron chi connectivity index (χ4n) is 6.16. The number of benzene rings is 2. The van der Waals surface area contributed by atoms with Crippen molar-refractivity contribution in [3.05, 3.63) is 64.8 Å². The monoisotopic (exact) mass is 610 g/mol. The number of carbonyl (C=O) groups is 1. The van der Waals surface area contributed by atoms with Crippen molar-refractivity contribution in [2.24, 2.45) is 0 Å². The van der Waals surface area contributed by atoms with Crippen LogP contribution in [-0.4, -0.2) is 69.6 Å². The molecule has 6 rings (SSSR count). The lowest BCUT2D eigenvalue weighted by Crippen LogP contribution is -2.49. The van der Waals surface area contributed by atoms with Crippen LogP contribution < -0.4 is 16.4 Å². The molecule has 2 fully saturated rings. The number of aromatic nitrogens is 3. The fourth-order valence-corrected chi connectivity index (χ4v) is 6.65. The SMILES string of the molecule is CN1CCN([C@H]2CC[C@@H](n3cc(-c4ccc(NC(=O)Nc5c(Cl)cccc5Cl)c(F)c4)c4c(N)ncnc43)CC2)CC1. The standard InChI is InChI=1S/C30H33Cl2FN8O/c1-39-11-13-40(14-12-39)19-6-8-20(9-7-19)41-16-21(26-28(34)35-17-36-29(26)41)18-5-10-25(24(33)15-18)37-30(42)38-27-22(31)3-2-4-23(27)32/h2-5,10,15-17,19-20H,6-9,11-14H2,1H3,(H2,34,35,36)(H2,37,38,42)/t19-,20+. The highest BCUT2D eigenvalue weighted by molar-refractivity contribution is 6.39. The van der Waals surface area contributed by atoms with Crippen LogP contribution in [0.1, 0.15) is 31.7 Å². The smallest absolute Gasteiger partial charge is 0.323 e. The number of anilines is 3. The molecule has 4 N–H and O–H groups in total. The highest BCUT2D eigenvalue weighted by Gasteiger charge is 2.30. The molecule has 9 nitrogen and oxygen atoms in total. The number of nitrogen functional groups attached to an aromatic ring is 1. The number of nitrogens with two attached hydrogens (primary N) is 1. The van der Waals surface area contributed by atoms with Crippen LogP contribution in [0, 0.1) is 5.82 Å². The zero-order valence-electron chi connectivity index (χ0n) is 23.3. The molecule has 2 aromatic heterocycles. The molecule has 42 heavy (non-hydrogen) atoms. The van der Waals surface area contributed by atoms with E-state index in [0.29, 0.717) is 22.8 Å². The van der Waals surface area contributed by atoms with Crippen LogP contribution in [0.2, 0.25) is 10.0 Å². The van der Waals surface area contributed by atoms with Crippen molar-refractivity contribution in [1.82, 2.24) is 24.3 Å². The third-order valence-corrected chi connectivity index (χ3v) is 9.11. The third-order valence-electron chi connectivity index (χ3n) is 8.48. The maximum Gasteiger partial charge on any atom is 0.323 e. The van der Waals surface area contributed by atoms with Crippen molar-refractivity contribution >= 4 is 57.5 Å². The average Bonchev–Trinajstić information content (AvgIpc) is 3.38. The van der Waals surface area contributed by atoms with E-state index in [-0.39, 0.29) is 27.5 Å². The van der Waals surface area contributed by atoms with Crippen LogP contribution in [0.3, 0.4) is 0 Å². The molecule has 0 atom stereocenters. The van der Waals surface area contributed by atoms with Crippen LogP contribution in [0.15, 0.2) is 48.9 Å². The van der Waals surface area contributed by atoms with Gasteiger partial charge in [0.15, 0.2) is 0 Å². The van der Waals surface area contributed by atoms with E-state index in [2.05, 4.69) is 42.0 Å². The number of urea groups is 1. The predicted molar refractivity (Wildman–Crippen MR) is 167 cm³/mol. The van der Waals surface area contributed by atoms with Crippen molar-refractivity contribution in [3.63, 3.8) is 0 Å². The number of para-hydroxylation sites is 1. The summed E-state index contributed by atoms with van der Waals surface area (Å²) in [7, 11) is 2.18. The molecule has 0 unspecified atom stereocenters. The normalized spacial score (nSPS) is 20.1. The minimum atomic E-state index is -0.668. The van der Waals surface area contributed by atoms with Gasteiger partial charge in [0.2, 0.25) is 0 Å². The number of hydrogen-bond donors (Lipinski definition) is 3. The van der Waals surface area contributed by atoms with E-state index in [1.54, 1.807) is 24.3 Å². The number of piperazine rings is 1. The Hall–Kier alpha value is -3.44. The lowest BCUT2D eigenvalue weighted by Gasteiger charge is -2.41. The summed E-state index contributed by atoms with van der Waals surface area (Å²) in [5.41, 5.74) is 8.72. The van der Waals surface area contributed by atoms with Gasteiger partial charge in [0, 0.05) is 50.0 Å². The first-order valence-corrected chi connectivity index (χ1v) is 14.9. The molecule has 0 bridgehead atoms. The molecule has 4 aromatic rings. The second-order valence-corrected chi connectivity index (χ2v) is 11.9. The Morgan fingerprint density at radius 1 is 0.976 bits per heavy atom. The number of likely N-dealkylation sites (N-methyl/N-ethyl adjacent to an activating group) is 1. The fraction of sp³-hybridized carbons (Fsp3) is 0.367. The Bertz CT molecular complexity index is 1590. The minimum absolute atomic E-state index is 0.00890. The van der Waals surface area contributed by atoms with Crippen molar-refractivity contribution in [3.8, 4) is 11.1 Å². The van der Waals surface area contributed by atoms with E-state index in [4.69, 9.17) is 28.9 Å². The summed E-state index contributed by atoms with van der Waals surface area (Å²) in [6.45, 7) is 4.48. The number of rotatable bonds is 5. The number of fused-ring (bicyclic) bond motifs is 1. The number of amides is 2. The lowest BCUT2D eigenvalue weighted by atomic mass is 9.89. The lowest BCUT2D eigenvalue weighted by molar-refractivity contribution is 0.0828. The number of nitrogens with one attached hydrogen (secondary N) is 2. The third kappa shape index (κ3) is 5.76. The second kappa shape index (κ2) is 12.0. The topological polar surface area (TPSA) is 104 Å². The Labute approximate surface area is 253 Å². The molecule has 1 aliphatic heterocycles. The van der Waals surface area contributed by atoms with Gasteiger partial charge in [-0.1, -0.05) is 35.3 Å². The number of hydrogen-bond acceptors (Lipinski definition) is 6. The summed E-state index contributed by atoms with van der Waals surface area (Å²) < 4.78 is 17.5. The van der Waals surface area contributed by atoms with Gasteiger partial charge < -0.3 is 25.8 Å². The first-order chi connectivity index (χ1) is 20.3. The Kier molecular flexibility index (Phi) is 8.22. The van der Waals surface area contributed by atoms with E-state index < -0.39 is 11.8 Å². The summed E-state index contributed by atoms with van der Waals surface area (Å²) in [4.78, 5) is 26.4. The van der Waals surface area contributed by atoms with Gasteiger partial charge in [-0.2, -0.15) is 0 Å². The first-order valence-electron chi connectivity index (χ1n) is 14.1. The molecule has 3 heterocycles. The number of halogens is 3. The van der Waals surface area contributed by atoms with Crippen molar-refractivity contribution in [2.45, 2.75) is 37.8 Å². The molecular weight excluding hydrogens is 578 g/mol. The van der Waals surface area contributed by atoms with Crippen molar-refractivity contribution in [1.29, 1.82) is 0 Å². The molecule has 2 aromatic carbocycles. The number of carbonyl (C=O) groups excluding carboxylic acids is 1. The van der Waals surface area contributed by atoms with Gasteiger partial charge >= 0.3 is 6.03 Å². The molecular formula is C30H33Cl2FN8O. The summed E-state index contributed by atoms with van der Waals surface area (Å²) in [5.74, 6) is -0.254. The molecule has 1 saturated heterocycles. The first kappa shape index (κ1) is 28.7. The van der Waals surface area contributed by atoms with Crippen molar-refractivity contribution < 1.29 is 9.18 Å². The van der Waals surface area contributed by atoms with Gasteiger partial charge in [0.25, 0.3) is 0 Å². The minimum Gasteiger partial charge on any atom is -0.383 e. The Balaban J connectivity index is 1.21. The summed E-state index contributed by atoms with van der Waals surface area (Å²) in [6.07, 6.45) is 7.81. The van der Waals surface area contributed by atoms with Crippen molar-refractivity contribution in [2.75, 3.05) is 49.6 Å². The number of nitrogens with zero attached hydrogens (tertiary/aromatic N) is 5. The van der Waals surface area contributed by atoms with Crippen LogP contribution >= 0.6 is 23.2 Å². The summed E-state index contributed by atoms with van der Waals surface area (Å²) in [6, 6.07) is 9.72. The summed E-state index contributed by atoms with van der Waals surface area (Å²) in [5, 5.41) is 6.35. The van der Waals surface area contributed by atoms with Gasteiger partial charge in [-0.15, -0.1) is 0 Å². The van der Waals surface area contributed by atoms with E-state index in [1.807, 2.05) is 6.20 Å². The second-order valence-electron chi connectivity index (χ2n) is 11.1. The van der Waals surface area contributed by atoms with E-state index >= 15 is 4.39 Å². The molecule has 220 valence electrons.